The first-order chi connectivity index (χ1) is 11.1. The van der Waals surface area contributed by atoms with Gasteiger partial charge in [0.05, 0.1) is 24.6 Å². The monoisotopic (exact) mass is 521 g/mol. The molecule has 0 radical (unpaired) electrons. The summed E-state index contributed by atoms with van der Waals surface area (Å²) in [5.74, 6) is 0. The lowest BCUT2D eigenvalue weighted by Crippen LogP contribution is -2.07. The van der Waals surface area contributed by atoms with Crippen LogP contribution in [0.1, 0.15) is 16.8 Å². The molecule has 0 unspecified atom stereocenters. The fourth-order valence-corrected chi connectivity index (χ4v) is 3.18. The minimum atomic E-state index is -4.60. The van der Waals surface area contributed by atoms with Crippen LogP contribution in [0.15, 0.2) is 15.5 Å². The van der Waals surface area contributed by atoms with Gasteiger partial charge in [-0.05, 0) is 50.1 Å². The second kappa shape index (κ2) is 7.26. The molecule has 2 aromatic rings. The largest absolute Gasteiger partial charge is 0.416 e. The van der Waals surface area contributed by atoms with Crippen LogP contribution in [-0.2, 0) is 6.18 Å². The number of halogens is 8. The molecule has 0 bridgehead atoms. The van der Waals surface area contributed by atoms with Crippen molar-refractivity contribution in [2.45, 2.75) is 6.18 Å². The summed E-state index contributed by atoms with van der Waals surface area (Å²) in [6.07, 6.45) is -3.14. The van der Waals surface area contributed by atoms with Gasteiger partial charge in [-0.1, -0.05) is 34.8 Å². The van der Waals surface area contributed by atoms with E-state index in [9.17, 15) is 13.2 Å². The van der Waals surface area contributed by atoms with Gasteiger partial charge in [-0.2, -0.15) is 23.5 Å². The average Bonchev–Trinajstić information content (AvgIpc) is 2.74. The molecule has 3 nitrogen and oxygen atoms in total. The van der Waals surface area contributed by atoms with Gasteiger partial charge >= 0.3 is 6.18 Å². The molecule has 0 aliphatic carbocycles. The summed E-state index contributed by atoms with van der Waals surface area (Å²) in [6, 6.07) is 3.26. The quantitative estimate of drug-likeness (QED) is 0.433. The molecule has 0 fully saturated rings. The second-order valence-corrected chi connectivity index (χ2v) is 8.24. The molecule has 2 rings (SSSR count). The summed E-state index contributed by atoms with van der Waals surface area (Å²) >= 11 is 24.3. The third kappa shape index (κ3) is 3.92. The number of benzene rings is 1. The molecule has 0 amide bonds. The van der Waals surface area contributed by atoms with Crippen molar-refractivity contribution in [2.24, 2.45) is 0 Å². The first-order valence-electron chi connectivity index (χ1n) is 5.84. The zero-order valence-electron chi connectivity index (χ0n) is 11.1. The predicted molar refractivity (Wildman–Crippen MR) is 94.1 cm³/mol. The predicted octanol–water partition coefficient (Wildman–Crippen LogP) is 6.81. The van der Waals surface area contributed by atoms with Gasteiger partial charge in [-0.3, -0.25) is 0 Å². The van der Waals surface area contributed by atoms with Gasteiger partial charge in [0.1, 0.15) is 16.9 Å². The molecule has 1 aromatic heterocycles. The fourth-order valence-electron chi connectivity index (χ4n) is 1.81. The van der Waals surface area contributed by atoms with Gasteiger partial charge in [-0.25, -0.2) is 4.68 Å². The number of hydrogen-bond acceptors (Lipinski definition) is 2. The molecule has 0 aliphatic rings. The lowest BCUT2D eigenvalue weighted by Gasteiger charge is -2.12. The van der Waals surface area contributed by atoms with Gasteiger partial charge in [-0.15, -0.1) is 0 Å². The van der Waals surface area contributed by atoms with Crippen LogP contribution in [-0.4, -0.2) is 9.78 Å². The number of rotatable bonds is 2. The van der Waals surface area contributed by atoms with Crippen LogP contribution in [0.2, 0.25) is 15.2 Å². The highest BCUT2D eigenvalue weighted by atomic mass is 79.9. The molecular weight excluding hydrogens is 521 g/mol. The van der Waals surface area contributed by atoms with E-state index in [0.29, 0.717) is 15.5 Å². The number of nitrogens with zero attached hydrogens (tertiary/aromatic N) is 3. The third-order valence-electron chi connectivity index (χ3n) is 2.78. The summed E-state index contributed by atoms with van der Waals surface area (Å²) in [5.41, 5.74) is -0.870. The number of aromatic nitrogens is 2. The lowest BCUT2D eigenvalue weighted by molar-refractivity contribution is -0.137. The Bertz CT molecular complexity index is 858. The van der Waals surface area contributed by atoms with E-state index in [-0.39, 0.29) is 32.1 Å². The number of hydrogen-bond donors (Lipinski definition) is 0. The Kier molecular flexibility index (Phi) is 5.93. The van der Waals surface area contributed by atoms with Crippen LogP contribution in [0.4, 0.5) is 13.2 Å². The maximum atomic E-state index is 12.8. The van der Waals surface area contributed by atoms with E-state index in [1.54, 1.807) is 0 Å². The Morgan fingerprint density at radius 1 is 1.21 bits per heavy atom. The summed E-state index contributed by atoms with van der Waals surface area (Å²) in [6.45, 7) is 0. The summed E-state index contributed by atoms with van der Waals surface area (Å²) in [7, 11) is 0. The average molecular weight is 524 g/mol. The minimum absolute atomic E-state index is 0.0356. The van der Waals surface area contributed by atoms with Gasteiger partial charge in [0.15, 0.2) is 5.69 Å². The first-order valence-corrected chi connectivity index (χ1v) is 8.56. The van der Waals surface area contributed by atoms with Crippen molar-refractivity contribution in [2.75, 3.05) is 0 Å². The molecule has 0 aliphatic heterocycles. The van der Waals surface area contributed by atoms with Crippen LogP contribution in [0.25, 0.3) is 11.8 Å². The molecule has 11 heteroatoms. The van der Waals surface area contributed by atoms with Crippen LogP contribution in [0.3, 0.4) is 0 Å². The van der Waals surface area contributed by atoms with Crippen molar-refractivity contribution in [1.82, 2.24) is 9.78 Å². The Balaban J connectivity index is 2.73. The normalized spacial score (nSPS) is 11.3. The Hall–Kier alpha value is -0.720. The zero-order valence-corrected chi connectivity index (χ0v) is 16.5. The standard InChI is InChI=1S/C13H3Br2Cl3F3N3/c14-10(15)3-6-9(4-22)23-24(12(6)18)11-7(16)1-5(2-8(11)17)13(19,20)21/h1-3H. The molecule has 126 valence electrons. The van der Waals surface area contributed by atoms with E-state index in [1.165, 1.54) is 6.08 Å². The molecule has 0 N–H and O–H groups in total. The Labute approximate surface area is 165 Å². The van der Waals surface area contributed by atoms with Crippen molar-refractivity contribution >= 4 is 72.7 Å². The first kappa shape index (κ1) is 19.6. The van der Waals surface area contributed by atoms with Gasteiger partial charge in [0.2, 0.25) is 0 Å². The molecule has 0 saturated heterocycles. The molecule has 0 saturated carbocycles. The van der Waals surface area contributed by atoms with E-state index in [1.807, 2.05) is 6.07 Å². The van der Waals surface area contributed by atoms with E-state index in [0.717, 1.165) is 4.68 Å². The van der Waals surface area contributed by atoms with Gasteiger partial charge in [0.25, 0.3) is 0 Å². The smallest absolute Gasteiger partial charge is 0.217 e. The molecular formula is C13H3Br2Cl3F3N3. The van der Waals surface area contributed by atoms with Crippen molar-refractivity contribution in [1.29, 1.82) is 5.26 Å². The van der Waals surface area contributed by atoms with Gasteiger partial charge in [0, 0.05) is 0 Å². The highest BCUT2D eigenvalue weighted by Gasteiger charge is 2.32. The highest BCUT2D eigenvalue weighted by molar-refractivity contribution is 9.28. The molecule has 1 heterocycles. The van der Waals surface area contributed by atoms with Crippen molar-refractivity contribution < 1.29 is 13.2 Å². The third-order valence-corrected chi connectivity index (χ3v) is 4.18. The van der Waals surface area contributed by atoms with Crippen LogP contribution < -0.4 is 0 Å². The maximum Gasteiger partial charge on any atom is 0.416 e. The lowest BCUT2D eigenvalue weighted by atomic mass is 10.2. The molecule has 0 spiro atoms. The van der Waals surface area contributed by atoms with Crippen LogP contribution in [0, 0.1) is 11.3 Å². The highest BCUT2D eigenvalue weighted by Crippen LogP contribution is 2.39. The molecule has 1 aromatic carbocycles. The maximum absolute atomic E-state index is 12.8. The van der Waals surface area contributed by atoms with E-state index >= 15 is 0 Å². The summed E-state index contributed by atoms with van der Waals surface area (Å²) in [5, 5.41) is 12.4. The Morgan fingerprint density at radius 2 is 1.75 bits per heavy atom. The van der Waals surface area contributed by atoms with Crippen molar-refractivity contribution in [3.05, 3.63) is 47.5 Å². The SMILES string of the molecule is N#Cc1nn(-c2c(Cl)cc(C(F)(F)F)cc2Cl)c(Cl)c1C=C(Br)Br. The zero-order chi connectivity index (χ0) is 18.2. The van der Waals surface area contributed by atoms with E-state index < -0.39 is 11.7 Å². The Morgan fingerprint density at radius 3 is 2.17 bits per heavy atom. The minimum Gasteiger partial charge on any atom is -0.217 e. The van der Waals surface area contributed by atoms with Crippen molar-refractivity contribution in [3.63, 3.8) is 0 Å². The molecule has 24 heavy (non-hydrogen) atoms. The topological polar surface area (TPSA) is 41.6 Å². The molecule has 0 atom stereocenters. The second-order valence-electron chi connectivity index (χ2n) is 4.30. The van der Waals surface area contributed by atoms with Crippen molar-refractivity contribution in [3.8, 4) is 11.8 Å². The van der Waals surface area contributed by atoms with Crippen LogP contribution >= 0.6 is 66.7 Å². The van der Waals surface area contributed by atoms with E-state index in [2.05, 4.69) is 37.0 Å². The summed E-state index contributed by atoms with van der Waals surface area (Å²) < 4.78 is 39.9. The number of alkyl halides is 3. The van der Waals surface area contributed by atoms with Gasteiger partial charge < -0.3 is 0 Å². The number of nitriles is 1. The summed E-state index contributed by atoms with van der Waals surface area (Å²) in [4.78, 5) is 0. The van der Waals surface area contributed by atoms with E-state index in [4.69, 9.17) is 40.1 Å². The van der Waals surface area contributed by atoms with Crippen LogP contribution in [0.5, 0.6) is 0 Å². The fraction of sp³-hybridized carbons (Fsp3) is 0.0769.